The van der Waals surface area contributed by atoms with Crippen LogP contribution in [0.25, 0.3) is 21.9 Å². The van der Waals surface area contributed by atoms with Crippen molar-refractivity contribution in [2.75, 3.05) is 6.61 Å². The van der Waals surface area contributed by atoms with E-state index in [1.165, 1.54) is 12.8 Å². The van der Waals surface area contributed by atoms with Gasteiger partial charge in [-0.25, -0.2) is 0 Å². The fourth-order valence-electron chi connectivity index (χ4n) is 4.16. The molecule has 3 aromatic heterocycles. The highest BCUT2D eigenvalue weighted by atomic mass is 16.5. The van der Waals surface area contributed by atoms with E-state index >= 15 is 0 Å². The smallest absolute Gasteiger partial charge is 0.258 e. The first-order chi connectivity index (χ1) is 14.9. The van der Waals surface area contributed by atoms with Gasteiger partial charge in [-0.2, -0.15) is 15.2 Å². The van der Waals surface area contributed by atoms with Gasteiger partial charge in [-0.3, -0.25) is 14.2 Å². The van der Waals surface area contributed by atoms with Crippen LogP contribution in [0.2, 0.25) is 0 Å². The normalized spacial score (nSPS) is 13.8. The Kier molecular flexibility index (Phi) is 4.64. The monoisotopic (exact) mass is 418 g/mol. The summed E-state index contributed by atoms with van der Waals surface area (Å²) in [5.41, 5.74) is 6.24. The molecular weight excluding hydrogens is 392 g/mol. The van der Waals surface area contributed by atoms with E-state index in [9.17, 15) is 4.79 Å². The average molecular weight is 419 g/mol. The lowest BCUT2D eigenvalue weighted by Gasteiger charge is -2.11. The molecule has 0 radical (unpaired) electrons. The summed E-state index contributed by atoms with van der Waals surface area (Å²) < 4.78 is 9.37. The summed E-state index contributed by atoms with van der Waals surface area (Å²) in [4.78, 5) is 17.1. The van der Waals surface area contributed by atoms with Crippen molar-refractivity contribution in [2.45, 2.75) is 39.2 Å². The van der Waals surface area contributed by atoms with Crippen molar-refractivity contribution >= 4 is 27.8 Å². The number of ether oxygens (including phenoxy) is 1. The van der Waals surface area contributed by atoms with E-state index in [4.69, 9.17) is 4.74 Å². The first kappa shape index (κ1) is 19.5. The van der Waals surface area contributed by atoms with Crippen molar-refractivity contribution in [3.05, 3.63) is 46.8 Å². The zero-order valence-electron chi connectivity index (χ0n) is 18.3. The summed E-state index contributed by atoms with van der Waals surface area (Å²) in [6.07, 6.45) is 4.22. The Bertz CT molecular complexity index is 1320. The molecule has 0 atom stereocenters. The van der Waals surface area contributed by atoms with Crippen molar-refractivity contribution in [3.8, 4) is 5.88 Å². The Morgan fingerprint density at radius 2 is 2.00 bits per heavy atom. The number of hydrogen-bond donors (Lipinski definition) is 1. The van der Waals surface area contributed by atoms with Crippen LogP contribution in [-0.4, -0.2) is 37.1 Å². The van der Waals surface area contributed by atoms with E-state index in [0.29, 0.717) is 18.3 Å². The van der Waals surface area contributed by atoms with Gasteiger partial charge in [0.25, 0.3) is 5.91 Å². The van der Waals surface area contributed by atoms with Crippen LogP contribution in [0.1, 0.15) is 41.1 Å². The van der Waals surface area contributed by atoms with E-state index in [1.54, 1.807) is 4.68 Å². The molecule has 5 rings (SSSR count). The van der Waals surface area contributed by atoms with Gasteiger partial charge in [-0.1, -0.05) is 6.07 Å². The summed E-state index contributed by atoms with van der Waals surface area (Å²) in [5, 5.41) is 14.1. The third kappa shape index (κ3) is 3.52. The highest BCUT2D eigenvalue weighted by molar-refractivity contribution is 5.85. The predicted octanol–water partition coefficient (Wildman–Crippen LogP) is 3.04. The van der Waals surface area contributed by atoms with Crippen LogP contribution in [0.4, 0.5) is 0 Å². The van der Waals surface area contributed by atoms with Crippen molar-refractivity contribution in [1.82, 2.24) is 29.9 Å². The Morgan fingerprint density at radius 1 is 1.19 bits per heavy atom. The molecule has 8 nitrogen and oxygen atoms in total. The third-order valence-corrected chi connectivity index (χ3v) is 6.05. The second-order valence-electron chi connectivity index (χ2n) is 8.39. The Morgan fingerprint density at radius 3 is 2.77 bits per heavy atom. The maximum Gasteiger partial charge on any atom is 0.258 e. The number of nitrogens with zero attached hydrogens (tertiary/aromatic N) is 5. The Balaban J connectivity index is 1.27. The number of aryl methyl sites for hydroxylation is 4. The van der Waals surface area contributed by atoms with Gasteiger partial charge >= 0.3 is 0 Å². The molecule has 0 aliphatic heterocycles. The molecule has 4 aromatic rings. The molecule has 1 saturated carbocycles. The fraction of sp³-hybridized carbons (Fsp3) is 0.391. The number of amides is 1. The highest BCUT2D eigenvalue weighted by Gasteiger charge is 2.30. The minimum absolute atomic E-state index is 0.0899. The Labute approximate surface area is 180 Å². The molecule has 160 valence electrons. The molecule has 1 N–H and O–H groups in total. The quantitative estimate of drug-likeness (QED) is 0.520. The standard InChI is InChI=1S/C23H26N6O2/c1-13-5-8-18-17(11-25-28(18)3)16(13)10-24-19(30)12-31-20-9-14(2)21-22(15-6-7-15)27-29(4)23(21)26-20/h5,8-9,11,15H,6-7,10,12H2,1-4H3,(H,24,30). The van der Waals surface area contributed by atoms with Crippen LogP contribution >= 0.6 is 0 Å². The summed E-state index contributed by atoms with van der Waals surface area (Å²) in [7, 11) is 3.81. The van der Waals surface area contributed by atoms with Gasteiger partial charge in [0.15, 0.2) is 12.3 Å². The van der Waals surface area contributed by atoms with Gasteiger partial charge < -0.3 is 10.1 Å². The zero-order chi connectivity index (χ0) is 21.7. The van der Waals surface area contributed by atoms with E-state index in [2.05, 4.69) is 20.5 Å². The van der Waals surface area contributed by atoms with Crippen LogP contribution < -0.4 is 10.1 Å². The minimum Gasteiger partial charge on any atom is -0.468 e. The maximum atomic E-state index is 12.5. The van der Waals surface area contributed by atoms with Gasteiger partial charge in [-0.05, 0) is 49.4 Å². The van der Waals surface area contributed by atoms with Crippen LogP contribution in [0, 0.1) is 13.8 Å². The average Bonchev–Trinajstić information content (AvgIpc) is 3.44. The van der Waals surface area contributed by atoms with Crippen molar-refractivity contribution in [3.63, 3.8) is 0 Å². The van der Waals surface area contributed by atoms with Crippen molar-refractivity contribution in [1.29, 1.82) is 0 Å². The minimum atomic E-state index is -0.191. The van der Waals surface area contributed by atoms with Crippen LogP contribution in [0.15, 0.2) is 24.4 Å². The number of fused-ring (bicyclic) bond motifs is 2. The maximum absolute atomic E-state index is 12.5. The number of rotatable bonds is 6. The van der Waals surface area contributed by atoms with Gasteiger partial charge in [0, 0.05) is 43.4 Å². The van der Waals surface area contributed by atoms with Crippen molar-refractivity contribution in [2.24, 2.45) is 14.1 Å². The van der Waals surface area contributed by atoms with Crippen LogP contribution in [0.5, 0.6) is 5.88 Å². The highest BCUT2D eigenvalue weighted by Crippen LogP contribution is 2.43. The third-order valence-electron chi connectivity index (χ3n) is 6.05. The number of nitrogens with one attached hydrogen (secondary N) is 1. The number of carbonyl (C=O) groups excluding carboxylic acids is 1. The van der Waals surface area contributed by atoms with E-state index < -0.39 is 0 Å². The zero-order valence-corrected chi connectivity index (χ0v) is 18.3. The molecule has 0 bridgehead atoms. The molecule has 3 heterocycles. The SMILES string of the molecule is Cc1ccc2c(cnn2C)c1CNC(=O)COc1cc(C)c2c(C3CC3)nn(C)c2n1. The lowest BCUT2D eigenvalue weighted by atomic mass is 10.0. The number of aromatic nitrogens is 5. The van der Waals surface area contributed by atoms with E-state index in [0.717, 1.165) is 44.3 Å². The number of hydrogen-bond acceptors (Lipinski definition) is 5. The molecular formula is C23H26N6O2. The lowest BCUT2D eigenvalue weighted by Crippen LogP contribution is -2.29. The summed E-state index contributed by atoms with van der Waals surface area (Å²) in [6, 6.07) is 5.99. The predicted molar refractivity (Wildman–Crippen MR) is 118 cm³/mol. The van der Waals surface area contributed by atoms with Gasteiger partial charge in [-0.15, -0.1) is 0 Å². The van der Waals surface area contributed by atoms with Crippen LogP contribution in [-0.2, 0) is 25.4 Å². The van der Waals surface area contributed by atoms with Gasteiger partial charge in [0.05, 0.1) is 17.4 Å². The molecule has 1 fully saturated rings. The molecule has 8 heteroatoms. The largest absolute Gasteiger partial charge is 0.468 e. The molecule has 1 aromatic carbocycles. The van der Waals surface area contributed by atoms with E-state index in [1.807, 2.05) is 57.0 Å². The molecule has 31 heavy (non-hydrogen) atoms. The fourth-order valence-corrected chi connectivity index (χ4v) is 4.16. The second kappa shape index (κ2) is 7.37. The molecule has 1 aliphatic rings. The first-order valence-electron chi connectivity index (χ1n) is 10.6. The molecule has 0 saturated heterocycles. The number of benzene rings is 1. The number of carbonyl (C=O) groups is 1. The lowest BCUT2D eigenvalue weighted by molar-refractivity contribution is -0.123. The molecule has 1 amide bonds. The summed E-state index contributed by atoms with van der Waals surface area (Å²) in [5.74, 6) is 0.800. The van der Waals surface area contributed by atoms with Gasteiger partial charge in [0.1, 0.15) is 0 Å². The molecule has 1 aliphatic carbocycles. The second-order valence-corrected chi connectivity index (χ2v) is 8.39. The topological polar surface area (TPSA) is 86.9 Å². The first-order valence-corrected chi connectivity index (χ1v) is 10.6. The molecule has 0 spiro atoms. The van der Waals surface area contributed by atoms with Crippen molar-refractivity contribution < 1.29 is 9.53 Å². The summed E-state index contributed by atoms with van der Waals surface area (Å²) >= 11 is 0. The Hall–Kier alpha value is -3.42. The summed E-state index contributed by atoms with van der Waals surface area (Å²) in [6.45, 7) is 4.42. The van der Waals surface area contributed by atoms with E-state index in [-0.39, 0.29) is 12.5 Å². The number of pyridine rings is 1. The molecule has 0 unspecified atom stereocenters. The van der Waals surface area contributed by atoms with Gasteiger partial charge in [0.2, 0.25) is 5.88 Å². The van der Waals surface area contributed by atoms with Crippen LogP contribution in [0.3, 0.4) is 0 Å².